The van der Waals surface area contributed by atoms with Gasteiger partial charge >= 0.3 is 0 Å². The molecule has 1 aromatic rings. The molecule has 0 bridgehead atoms. The Hall–Kier alpha value is -0.940. The predicted molar refractivity (Wildman–Crippen MR) is 70.1 cm³/mol. The molecule has 2 fully saturated rings. The Balaban J connectivity index is 1.66. The summed E-state index contributed by atoms with van der Waals surface area (Å²) in [5.74, 6) is 1.95. The standard InChI is InChI=1S/C13H23N5/c1-17-10-15-16-13(17)12-5-3-7-18(12)9-11-4-2-6-14-8-11/h10-12,14H,2-9H2,1H3. The highest BCUT2D eigenvalue weighted by atomic mass is 15.3. The third-order valence-electron chi connectivity index (χ3n) is 4.30. The van der Waals surface area contributed by atoms with Crippen LogP contribution in [0.15, 0.2) is 6.33 Å². The van der Waals surface area contributed by atoms with Gasteiger partial charge in [-0.1, -0.05) is 0 Å². The van der Waals surface area contributed by atoms with Gasteiger partial charge in [0.15, 0.2) is 0 Å². The predicted octanol–water partition coefficient (Wildman–Crippen LogP) is 0.952. The number of piperidine rings is 1. The van der Waals surface area contributed by atoms with Crippen molar-refractivity contribution in [2.45, 2.75) is 31.7 Å². The van der Waals surface area contributed by atoms with Crippen LogP contribution in [0.5, 0.6) is 0 Å². The molecule has 0 aromatic carbocycles. The topological polar surface area (TPSA) is 46.0 Å². The van der Waals surface area contributed by atoms with E-state index in [1.165, 1.54) is 51.9 Å². The van der Waals surface area contributed by atoms with Crippen LogP contribution < -0.4 is 5.32 Å². The third kappa shape index (κ3) is 2.42. The normalized spacial score (nSPS) is 29.8. The Bertz CT molecular complexity index is 382. The van der Waals surface area contributed by atoms with Gasteiger partial charge in [-0.2, -0.15) is 0 Å². The minimum absolute atomic E-state index is 0.486. The van der Waals surface area contributed by atoms with Gasteiger partial charge in [0.05, 0.1) is 6.04 Å². The number of nitrogens with zero attached hydrogens (tertiary/aromatic N) is 4. The van der Waals surface area contributed by atoms with E-state index in [2.05, 4.69) is 25.0 Å². The maximum Gasteiger partial charge on any atom is 0.149 e. The molecule has 5 heteroatoms. The van der Waals surface area contributed by atoms with E-state index in [4.69, 9.17) is 0 Å². The average Bonchev–Trinajstić information content (AvgIpc) is 2.99. The second kappa shape index (κ2) is 5.36. The highest BCUT2D eigenvalue weighted by Crippen LogP contribution is 2.31. The van der Waals surface area contributed by atoms with Crippen molar-refractivity contribution in [2.24, 2.45) is 13.0 Å². The summed E-state index contributed by atoms with van der Waals surface area (Å²) in [5, 5.41) is 11.8. The fourth-order valence-electron chi connectivity index (χ4n) is 3.34. The average molecular weight is 249 g/mol. The SMILES string of the molecule is Cn1cnnc1C1CCCN1CC1CCCNC1. The molecule has 0 spiro atoms. The van der Waals surface area contributed by atoms with Crippen LogP contribution in [-0.4, -0.2) is 45.8 Å². The first-order valence-electron chi connectivity index (χ1n) is 7.13. The monoisotopic (exact) mass is 249 g/mol. The molecular formula is C13H23N5. The van der Waals surface area contributed by atoms with E-state index < -0.39 is 0 Å². The molecule has 0 saturated carbocycles. The first-order chi connectivity index (χ1) is 8.84. The van der Waals surface area contributed by atoms with Crippen molar-refractivity contribution >= 4 is 0 Å². The molecule has 1 N–H and O–H groups in total. The van der Waals surface area contributed by atoms with Crippen molar-refractivity contribution in [2.75, 3.05) is 26.2 Å². The fraction of sp³-hybridized carbons (Fsp3) is 0.846. The van der Waals surface area contributed by atoms with Crippen molar-refractivity contribution in [1.29, 1.82) is 0 Å². The van der Waals surface area contributed by atoms with Gasteiger partial charge in [-0.05, 0) is 51.2 Å². The number of hydrogen-bond donors (Lipinski definition) is 1. The molecule has 1 aromatic heterocycles. The lowest BCUT2D eigenvalue weighted by Gasteiger charge is -2.30. The molecule has 2 aliphatic rings. The van der Waals surface area contributed by atoms with E-state index in [1.54, 1.807) is 0 Å². The van der Waals surface area contributed by atoms with Gasteiger partial charge in [-0.25, -0.2) is 0 Å². The zero-order chi connectivity index (χ0) is 12.4. The van der Waals surface area contributed by atoms with Gasteiger partial charge in [0, 0.05) is 13.6 Å². The second-order valence-corrected chi connectivity index (χ2v) is 5.67. The van der Waals surface area contributed by atoms with Crippen LogP contribution >= 0.6 is 0 Å². The largest absolute Gasteiger partial charge is 0.319 e. The summed E-state index contributed by atoms with van der Waals surface area (Å²) >= 11 is 0. The van der Waals surface area contributed by atoms with E-state index in [1.807, 2.05) is 13.4 Å². The molecule has 2 atom stereocenters. The fourth-order valence-corrected chi connectivity index (χ4v) is 3.34. The van der Waals surface area contributed by atoms with E-state index >= 15 is 0 Å². The maximum atomic E-state index is 4.30. The van der Waals surface area contributed by atoms with Crippen LogP contribution in [-0.2, 0) is 7.05 Å². The summed E-state index contributed by atoms with van der Waals surface area (Å²) in [7, 11) is 2.05. The molecule has 2 saturated heterocycles. The Labute approximate surface area is 109 Å². The number of rotatable bonds is 3. The summed E-state index contributed by atoms with van der Waals surface area (Å²) in [4.78, 5) is 2.61. The Morgan fingerprint density at radius 3 is 3.06 bits per heavy atom. The highest BCUT2D eigenvalue weighted by Gasteiger charge is 2.31. The van der Waals surface area contributed by atoms with Gasteiger partial charge in [-0.15, -0.1) is 10.2 Å². The number of hydrogen-bond acceptors (Lipinski definition) is 4. The summed E-state index contributed by atoms with van der Waals surface area (Å²) in [6.07, 6.45) is 7.03. The molecule has 5 nitrogen and oxygen atoms in total. The second-order valence-electron chi connectivity index (χ2n) is 5.67. The molecule has 2 unspecified atom stereocenters. The molecule has 3 heterocycles. The highest BCUT2D eigenvalue weighted by molar-refractivity contribution is 4.98. The lowest BCUT2D eigenvalue weighted by molar-refractivity contribution is 0.188. The van der Waals surface area contributed by atoms with Crippen molar-refractivity contribution in [3.05, 3.63) is 12.2 Å². The number of likely N-dealkylation sites (tertiary alicyclic amines) is 1. The van der Waals surface area contributed by atoms with Gasteiger partial charge in [0.2, 0.25) is 0 Å². The molecular weight excluding hydrogens is 226 g/mol. The van der Waals surface area contributed by atoms with Crippen LogP contribution in [0.1, 0.15) is 37.5 Å². The van der Waals surface area contributed by atoms with Gasteiger partial charge in [0.1, 0.15) is 12.2 Å². The summed E-state index contributed by atoms with van der Waals surface area (Å²) in [5.41, 5.74) is 0. The molecule has 3 rings (SSSR count). The minimum atomic E-state index is 0.486. The first kappa shape index (κ1) is 12.1. The van der Waals surface area contributed by atoms with Crippen molar-refractivity contribution in [3.63, 3.8) is 0 Å². The molecule has 0 radical (unpaired) electrons. The number of aromatic nitrogens is 3. The third-order valence-corrected chi connectivity index (χ3v) is 4.30. The number of aryl methyl sites for hydroxylation is 1. The van der Waals surface area contributed by atoms with Crippen LogP contribution in [0.4, 0.5) is 0 Å². The Morgan fingerprint density at radius 1 is 1.39 bits per heavy atom. The van der Waals surface area contributed by atoms with Crippen LogP contribution in [0.25, 0.3) is 0 Å². The van der Waals surface area contributed by atoms with Crippen molar-refractivity contribution < 1.29 is 0 Å². The zero-order valence-electron chi connectivity index (χ0n) is 11.2. The Morgan fingerprint density at radius 2 is 2.33 bits per heavy atom. The van der Waals surface area contributed by atoms with E-state index in [-0.39, 0.29) is 0 Å². The van der Waals surface area contributed by atoms with Gasteiger partial charge < -0.3 is 9.88 Å². The zero-order valence-corrected chi connectivity index (χ0v) is 11.2. The van der Waals surface area contributed by atoms with E-state index in [0.717, 1.165) is 11.7 Å². The molecule has 18 heavy (non-hydrogen) atoms. The van der Waals surface area contributed by atoms with Crippen LogP contribution in [0.3, 0.4) is 0 Å². The van der Waals surface area contributed by atoms with Gasteiger partial charge in [0.25, 0.3) is 0 Å². The van der Waals surface area contributed by atoms with Crippen molar-refractivity contribution in [1.82, 2.24) is 25.0 Å². The van der Waals surface area contributed by atoms with Crippen molar-refractivity contribution in [3.8, 4) is 0 Å². The smallest absolute Gasteiger partial charge is 0.149 e. The lowest BCUT2D eigenvalue weighted by Crippen LogP contribution is -2.38. The molecule has 100 valence electrons. The first-order valence-corrected chi connectivity index (χ1v) is 7.13. The van der Waals surface area contributed by atoms with Crippen LogP contribution in [0.2, 0.25) is 0 Å². The van der Waals surface area contributed by atoms with E-state index in [0.29, 0.717) is 6.04 Å². The van der Waals surface area contributed by atoms with Gasteiger partial charge in [-0.3, -0.25) is 4.90 Å². The Kier molecular flexibility index (Phi) is 3.61. The molecule has 2 aliphatic heterocycles. The summed E-state index contributed by atoms with van der Waals surface area (Å²) in [6.45, 7) is 4.81. The molecule has 0 amide bonds. The minimum Gasteiger partial charge on any atom is -0.319 e. The number of nitrogens with one attached hydrogen (secondary N) is 1. The quantitative estimate of drug-likeness (QED) is 0.866. The molecule has 0 aliphatic carbocycles. The summed E-state index contributed by atoms with van der Waals surface area (Å²) < 4.78 is 2.07. The lowest BCUT2D eigenvalue weighted by atomic mass is 9.99. The van der Waals surface area contributed by atoms with E-state index in [9.17, 15) is 0 Å². The summed E-state index contributed by atoms with van der Waals surface area (Å²) in [6, 6.07) is 0.486. The van der Waals surface area contributed by atoms with Crippen LogP contribution in [0, 0.1) is 5.92 Å². The maximum absolute atomic E-state index is 4.30.